The van der Waals surface area contributed by atoms with Crippen LogP contribution in [0.15, 0.2) is 53.4 Å². The van der Waals surface area contributed by atoms with Crippen molar-refractivity contribution >= 4 is 45.2 Å². The number of aromatic nitrogens is 1. The maximum absolute atomic E-state index is 13.0. The Labute approximate surface area is 216 Å². The van der Waals surface area contributed by atoms with Gasteiger partial charge in [-0.25, -0.2) is 9.73 Å². The number of benzene rings is 2. The Morgan fingerprint density at radius 1 is 1.08 bits per heavy atom. The first-order valence-electron chi connectivity index (χ1n) is 12.6. The molecular weight excluding hydrogens is 488 g/mol. The third-order valence-corrected chi connectivity index (χ3v) is 9.03. The molecule has 3 aromatic rings. The Balaban J connectivity index is 1.54. The number of carbonyl (C=O) groups excluding carboxylic acids is 1. The van der Waals surface area contributed by atoms with E-state index in [9.17, 15) is 13.2 Å². The molecule has 0 atom stereocenters. The highest BCUT2D eigenvalue weighted by Crippen LogP contribution is 2.44. The monoisotopic (exact) mass is 518 g/mol. The molecule has 2 aliphatic heterocycles. The van der Waals surface area contributed by atoms with Gasteiger partial charge in [0.25, 0.3) is 5.91 Å². The van der Waals surface area contributed by atoms with Crippen molar-refractivity contribution in [2.75, 3.05) is 26.0 Å². The van der Waals surface area contributed by atoms with Crippen LogP contribution >= 0.6 is 0 Å². The molecule has 1 saturated carbocycles. The summed E-state index contributed by atoms with van der Waals surface area (Å²) in [5, 5.41) is 7.50. The Kier molecular flexibility index (Phi) is 5.61. The van der Waals surface area contributed by atoms with Gasteiger partial charge in [0.05, 0.1) is 23.1 Å². The van der Waals surface area contributed by atoms with Gasteiger partial charge in [0, 0.05) is 37.7 Å². The van der Waals surface area contributed by atoms with E-state index in [0.717, 1.165) is 32.6 Å². The number of nitrogens with zero attached hydrogens (tertiary/aromatic N) is 5. The third-order valence-electron chi connectivity index (χ3n) is 7.62. The smallest absolute Gasteiger partial charge is 0.303 e. The van der Waals surface area contributed by atoms with Crippen molar-refractivity contribution < 1.29 is 13.2 Å². The van der Waals surface area contributed by atoms with E-state index in [1.165, 1.54) is 57.1 Å². The lowest BCUT2D eigenvalue weighted by atomic mass is 9.83. The van der Waals surface area contributed by atoms with Crippen molar-refractivity contribution in [3.8, 4) is 11.3 Å². The van der Waals surface area contributed by atoms with Gasteiger partial charge in [-0.05, 0) is 54.7 Å². The molecule has 10 heteroatoms. The van der Waals surface area contributed by atoms with E-state index in [-0.39, 0.29) is 5.56 Å². The molecule has 0 bridgehead atoms. The van der Waals surface area contributed by atoms with Crippen LogP contribution in [0.3, 0.4) is 0 Å². The number of fused-ring (bicyclic) bond motifs is 7. The first kappa shape index (κ1) is 23.7. The first-order valence-corrected chi connectivity index (χ1v) is 14.0. The van der Waals surface area contributed by atoms with Crippen LogP contribution in [0, 0.1) is 0 Å². The lowest BCUT2D eigenvalue weighted by Crippen LogP contribution is -2.39. The highest BCUT2D eigenvalue weighted by molar-refractivity contribution is 7.87. The average molecular weight is 519 g/mol. The lowest BCUT2D eigenvalue weighted by Gasteiger charge is -2.23. The van der Waals surface area contributed by atoms with Crippen LogP contribution in [-0.2, 0) is 10.2 Å². The summed E-state index contributed by atoms with van der Waals surface area (Å²) in [4.78, 5) is 15.0. The quantitative estimate of drug-likeness (QED) is 0.554. The Bertz CT molecular complexity index is 1580. The zero-order chi connectivity index (χ0) is 25.9. The molecule has 3 heterocycles. The third kappa shape index (κ3) is 3.91. The van der Waals surface area contributed by atoms with E-state index in [2.05, 4.69) is 44.9 Å². The number of rotatable bonds is 4. The standard InChI is InChI=1S/C27H30N6O3S/c1-30(2)37(35,36)29-27(34)19-12-13-24-22(14-19)25-15-21-20(18-8-5-4-6-9-18)10-7-11-23(21)32(25)16-26-31(3)28-17-33(24)26/h7,10-18H,4-6,8-9H2,1-3H3,(H,29,34). The van der Waals surface area contributed by atoms with Crippen LogP contribution in [0.25, 0.3) is 28.4 Å². The predicted molar refractivity (Wildman–Crippen MR) is 146 cm³/mol. The minimum absolute atomic E-state index is 0.265. The Hall–Kier alpha value is -3.63. The number of hydrogen-bond acceptors (Lipinski definition) is 6. The molecule has 0 radical (unpaired) electrons. The van der Waals surface area contributed by atoms with Crippen molar-refractivity contribution in [3.05, 3.63) is 59.4 Å². The molecule has 37 heavy (non-hydrogen) atoms. The molecule has 0 spiro atoms. The zero-order valence-electron chi connectivity index (χ0n) is 21.2. The number of carbonyl (C=O) groups is 1. The van der Waals surface area contributed by atoms with Crippen LogP contribution < -0.4 is 9.62 Å². The van der Waals surface area contributed by atoms with Crippen LogP contribution in [0.2, 0.25) is 0 Å². The van der Waals surface area contributed by atoms with Crippen LogP contribution in [-0.4, -0.2) is 55.7 Å². The molecule has 2 aromatic carbocycles. The summed E-state index contributed by atoms with van der Waals surface area (Å²) < 4.78 is 29.9. The summed E-state index contributed by atoms with van der Waals surface area (Å²) in [7, 11) is 0.749. The first-order chi connectivity index (χ1) is 17.7. The number of nitrogens with one attached hydrogen (secondary N) is 1. The average Bonchev–Trinajstić information content (AvgIpc) is 3.40. The van der Waals surface area contributed by atoms with E-state index in [0.29, 0.717) is 5.92 Å². The number of anilines is 1. The predicted octanol–water partition coefficient (Wildman–Crippen LogP) is 4.36. The maximum Gasteiger partial charge on any atom is 0.303 e. The van der Waals surface area contributed by atoms with Gasteiger partial charge in [-0.3, -0.25) is 9.69 Å². The summed E-state index contributed by atoms with van der Waals surface area (Å²) in [5.41, 5.74) is 5.38. The van der Waals surface area contributed by atoms with E-state index in [1.54, 1.807) is 18.5 Å². The van der Waals surface area contributed by atoms with E-state index < -0.39 is 16.1 Å². The minimum atomic E-state index is -3.91. The second-order valence-electron chi connectivity index (χ2n) is 10.1. The largest absolute Gasteiger partial charge is 0.312 e. The summed E-state index contributed by atoms with van der Waals surface area (Å²) in [6, 6.07) is 14.0. The van der Waals surface area contributed by atoms with Crippen LogP contribution in [0.5, 0.6) is 0 Å². The van der Waals surface area contributed by atoms with Crippen molar-refractivity contribution in [2.24, 2.45) is 5.10 Å². The highest BCUT2D eigenvalue weighted by Gasteiger charge is 2.30. The fraction of sp³-hybridized carbons (Fsp3) is 0.333. The molecule has 3 aliphatic rings. The molecule has 0 saturated heterocycles. The van der Waals surface area contributed by atoms with Gasteiger partial charge < -0.3 is 4.57 Å². The molecule has 1 N–H and O–H groups in total. The summed E-state index contributed by atoms with van der Waals surface area (Å²) in [6.07, 6.45) is 10.0. The highest BCUT2D eigenvalue weighted by atomic mass is 32.2. The number of hydrazone groups is 1. The number of hydrogen-bond donors (Lipinski definition) is 1. The van der Waals surface area contributed by atoms with Gasteiger partial charge in [-0.15, -0.1) is 0 Å². The lowest BCUT2D eigenvalue weighted by molar-refractivity contribution is 0.0979. The molecule has 1 aromatic heterocycles. The Morgan fingerprint density at radius 3 is 2.62 bits per heavy atom. The molecule has 9 nitrogen and oxygen atoms in total. The van der Waals surface area contributed by atoms with E-state index >= 15 is 0 Å². The van der Waals surface area contributed by atoms with Crippen molar-refractivity contribution in [1.29, 1.82) is 0 Å². The normalized spacial score (nSPS) is 17.5. The van der Waals surface area contributed by atoms with Crippen molar-refractivity contribution in [1.82, 2.24) is 18.6 Å². The fourth-order valence-electron chi connectivity index (χ4n) is 5.60. The summed E-state index contributed by atoms with van der Waals surface area (Å²) in [6.45, 7) is 0. The molecular formula is C27H30N6O3S. The maximum atomic E-state index is 13.0. The second kappa shape index (κ2) is 8.74. The molecule has 192 valence electrons. The minimum Gasteiger partial charge on any atom is -0.312 e. The SMILES string of the molecule is CN1N=CN2C1=Cn1c(cc3c(C4CCCCC4)cccc31)-c1cc(C(=O)NS(=O)(=O)N(C)C)ccc12. The summed E-state index contributed by atoms with van der Waals surface area (Å²) in [5.74, 6) is 0.748. The summed E-state index contributed by atoms with van der Waals surface area (Å²) >= 11 is 0. The molecule has 6 rings (SSSR count). The van der Waals surface area contributed by atoms with Crippen LogP contribution in [0.1, 0.15) is 53.9 Å². The Morgan fingerprint density at radius 2 is 1.86 bits per heavy atom. The van der Waals surface area contributed by atoms with Gasteiger partial charge in [0.2, 0.25) is 0 Å². The van der Waals surface area contributed by atoms with Gasteiger partial charge in [0.1, 0.15) is 6.34 Å². The van der Waals surface area contributed by atoms with Crippen LogP contribution in [0.4, 0.5) is 5.69 Å². The van der Waals surface area contributed by atoms with Gasteiger partial charge in [-0.1, -0.05) is 31.4 Å². The van der Waals surface area contributed by atoms with Gasteiger partial charge in [0.15, 0.2) is 5.82 Å². The van der Waals surface area contributed by atoms with Crippen molar-refractivity contribution in [3.63, 3.8) is 0 Å². The van der Waals surface area contributed by atoms with Gasteiger partial charge in [-0.2, -0.15) is 17.8 Å². The topological polar surface area (TPSA) is 90.2 Å². The zero-order valence-corrected chi connectivity index (χ0v) is 22.0. The van der Waals surface area contributed by atoms with E-state index in [1.807, 2.05) is 23.0 Å². The molecule has 0 unspecified atom stereocenters. The van der Waals surface area contributed by atoms with E-state index in [4.69, 9.17) is 0 Å². The molecule has 1 aliphatic carbocycles. The van der Waals surface area contributed by atoms with Gasteiger partial charge >= 0.3 is 10.2 Å². The number of amides is 1. The fourth-order valence-corrected chi connectivity index (χ4v) is 6.13. The molecule has 1 amide bonds. The second-order valence-corrected chi connectivity index (χ2v) is 12.0. The molecule has 1 fully saturated rings. The van der Waals surface area contributed by atoms with Crippen molar-refractivity contribution in [2.45, 2.75) is 38.0 Å².